The fourth-order valence-electron chi connectivity index (χ4n) is 2.93. The van der Waals surface area contributed by atoms with Crippen molar-refractivity contribution in [1.29, 1.82) is 0 Å². The van der Waals surface area contributed by atoms with Crippen LogP contribution in [0.25, 0.3) is 0 Å². The largest absolute Gasteiger partial charge is 0.484 e. The van der Waals surface area contributed by atoms with Gasteiger partial charge >= 0.3 is 0 Å². The van der Waals surface area contributed by atoms with Crippen LogP contribution >= 0.6 is 0 Å². The van der Waals surface area contributed by atoms with Gasteiger partial charge in [-0.05, 0) is 55.0 Å². The lowest BCUT2D eigenvalue weighted by atomic mass is 10.1. The Kier molecular flexibility index (Phi) is 7.50. The number of rotatable bonds is 9. The molecule has 0 heterocycles. The zero-order chi connectivity index (χ0) is 20.5. The summed E-state index contributed by atoms with van der Waals surface area (Å²) in [6, 6.07) is 16.6. The van der Waals surface area contributed by atoms with E-state index in [1.165, 1.54) is 16.7 Å². The van der Waals surface area contributed by atoms with E-state index in [0.717, 1.165) is 38.3 Å². The highest BCUT2D eigenvalue weighted by Crippen LogP contribution is 2.18. The molecule has 1 amide bonds. The van der Waals surface area contributed by atoms with Gasteiger partial charge in [0.2, 0.25) is 0 Å². The van der Waals surface area contributed by atoms with Crippen LogP contribution in [0, 0.1) is 6.92 Å². The smallest absolute Gasteiger partial charge is 0.258 e. The molecule has 0 radical (unpaired) electrons. The van der Waals surface area contributed by atoms with E-state index in [1.54, 1.807) is 7.05 Å². The number of aryl methyl sites for hydroxylation is 1. The topological polar surface area (TPSA) is 74.8 Å². The first-order valence-electron chi connectivity index (χ1n) is 10.1. The molecule has 0 saturated heterocycles. The monoisotopic (exact) mass is 394 g/mol. The average molecular weight is 395 g/mol. The van der Waals surface area contributed by atoms with Gasteiger partial charge in [0.05, 0.1) is 0 Å². The van der Waals surface area contributed by atoms with Crippen LogP contribution in [0.2, 0.25) is 0 Å². The second kappa shape index (κ2) is 10.5. The predicted molar refractivity (Wildman–Crippen MR) is 116 cm³/mol. The highest BCUT2D eigenvalue weighted by atomic mass is 16.5. The first-order valence-corrected chi connectivity index (χ1v) is 10.1. The molecular weight excluding hydrogens is 364 g/mol. The summed E-state index contributed by atoms with van der Waals surface area (Å²) in [6.45, 7) is 3.70. The molecule has 3 rings (SSSR count). The maximum atomic E-state index is 11.7. The number of hydrogen-bond donors (Lipinski definition) is 3. The van der Waals surface area contributed by atoms with Crippen molar-refractivity contribution in [2.24, 2.45) is 4.99 Å². The summed E-state index contributed by atoms with van der Waals surface area (Å²) in [7, 11) is 1.78. The van der Waals surface area contributed by atoms with Crippen LogP contribution in [-0.4, -0.2) is 38.1 Å². The van der Waals surface area contributed by atoms with E-state index in [-0.39, 0.29) is 12.5 Å². The van der Waals surface area contributed by atoms with Crippen LogP contribution in [0.5, 0.6) is 5.75 Å². The van der Waals surface area contributed by atoms with Gasteiger partial charge < -0.3 is 20.7 Å². The van der Waals surface area contributed by atoms with Crippen LogP contribution in [0.4, 0.5) is 0 Å². The molecule has 29 heavy (non-hydrogen) atoms. The predicted octanol–water partition coefficient (Wildman–Crippen LogP) is 2.56. The van der Waals surface area contributed by atoms with E-state index in [0.29, 0.717) is 11.8 Å². The Balaban J connectivity index is 1.36. The number of nitrogens with zero attached hydrogens (tertiary/aromatic N) is 1. The van der Waals surface area contributed by atoms with Crippen molar-refractivity contribution < 1.29 is 9.53 Å². The molecule has 1 aliphatic carbocycles. The molecule has 0 unspecified atom stereocenters. The third-order valence-corrected chi connectivity index (χ3v) is 4.87. The van der Waals surface area contributed by atoms with Crippen molar-refractivity contribution in [2.75, 3.05) is 20.2 Å². The average Bonchev–Trinajstić information content (AvgIpc) is 3.55. The number of carbonyl (C=O) groups excluding carboxylic acids is 1. The quantitative estimate of drug-likeness (QED) is 0.451. The van der Waals surface area contributed by atoms with Crippen molar-refractivity contribution >= 4 is 11.9 Å². The molecule has 3 N–H and O–H groups in total. The summed E-state index contributed by atoms with van der Waals surface area (Å²) < 4.78 is 5.54. The van der Waals surface area contributed by atoms with E-state index in [1.807, 2.05) is 36.4 Å². The highest BCUT2D eigenvalue weighted by Gasteiger charge is 2.23. The summed E-state index contributed by atoms with van der Waals surface area (Å²) in [4.78, 5) is 15.9. The molecule has 6 nitrogen and oxygen atoms in total. The van der Waals surface area contributed by atoms with Gasteiger partial charge in [-0.3, -0.25) is 9.79 Å². The lowest BCUT2D eigenvalue weighted by Gasteiger charge is -2.13. The van der Waals surface area contributed by atoms with Crippen molar-refractivity contribution in [1.82, 2.24) is 16.0 Å². The standard InChI is InChI=1S/C23H30N4O2/c1-17-5-3-4-6-19(17)15-26-23(24-2)25-14-13-18-7-11-21(12-8-18)29-16-22(28)27-20-9-10-20/h3-8,11-12,20H,9-10,13-16H2,1-2H3,(H,27,28)(H2,24,25,26). The number of carbonyl (C=O) groups is 1. The summed E-state index contributed by atoms with van der Waals surface area (Å²) in [5.41, 5.74) is 3.72. The second-order valence-electron chi connectivity index (χ2n) is 7.30. The fourth-order valence-corrected chi connectivity index (χ4v) is 2.93. The molecule has 1 aliphatic rings. The Morgan fingerprint density at radius 3 is 2.55 bits per heavy atom. The van der Waals surface area contributed by atoms with Gasteiger partial charge in [-0.1, -0.05) is 36.4 Å². The lowest BCUT2D eigenvalue weighted by Crippen LogP contribution is -2.38. The molecule has 1 fully saturated rings. The molecule has 0 aliphatic heterocycles. The third-order valence-electron chi connectivity index (χ3n) is 4.87. The van der Waals surface area contributed by atoms with Crippen LogP contribution < -0.4 is 20.7 Å². The van der Waals surface area contributed by atoms with Crippen LogP contribution in [0.3, 0.4) is 0 Å². The third kappa shape index (κ3) is 7.14. The number of amides is 1. The van der Waals surface area contributed by atoms with E-state index < -0.39 is 0 Å². The molecular formula is C23H30N4O2. The number of aliphatic imine (C=N–C) groups is 1. The molecule has 0 spiro atoms. The van der Waals surface area contributed by atoms with E-state index >= 15 is 0 Å². The van der Waals surface area contributed by atoms with E-state index in [4.69, 9.17) is 4.74 Å². The molecule has 2 aromatic rings. The highest BCUT2D eigenvalue weighted by molar-refractivity contribution is 5.79. The van der Waals surface area contributed by atoms with Gasteiger partial charge in [0, 0.05) is 26.2 Å². The molecule has 0 atom stereocenters. The Bertz CT molecular complexity index is 829. The number of ether oxygens (including phenoxy) is 1. The molecule has 0 bridgehead atoms. The first kappa shape index (κ1) is 20.7. The van der Waals surface area contributed by atoms with Gasteiger partial charge in [-0.15, -0.1) is 0 Å². The zero-order valence-corrected chi connectivity index (χ0v) is 17.2. The van der Waals surface area contributed by atoms with Gasteiger partial charge in [0.15, 0.2) is 12.6 Å². The summed E-state index contributed by atoms with van der Waals surface area (Å²) in [5, 5.41) is 9.60. The fraction of sp³-hybridized carbons (Fsp3) is 0.391. The molecule has 2 aromatic carbocycles. The normalized spacial score (nSPS) is 13.7. The molecule has 1 saturated carbocycles. The van der Waals surface area contributed by atoms with Crippen LogP contribution in [0.15, 0.2) is 53.5 Å². The first-order chi connectivity index (χ1) is 14.1. The molecule has 0 aromatic heterocycles. The molecule has 6 heteroatoms. The minimum atomic E-state index is -0.0506. The molecule has 154 valence electrons. The summed E-state index contributed by atoms with van der Waals surface area (Å²) in [6.07, 6.45) is 3.04. The maximum absolute atomic E-state index is 11.7. The van der Waals surface area contributed by atoms with Gasteiger partial charge in [0.1, 0.15) is 5.75 Å². The van der Waals surface area contributed by atoms with Crippen molar-refractivity contribution in [2.45, 2.75) is 38.8 Å². The minimum absolute atomic E-state index is 0.0506. The number of hydrogen-bond acceptors (Lipinski definition) is 3. The maximum Gasteiger partial charge on any atom is 0.258 e. The lowest BCUT2D eigenvalue weighted by molar-refractivity contribution is -0.123. The Labute approximate surface area is 172 Å². The Hall–Kier alpha value is -3.02. The van der Waals surface area contributed by atoms with Crippen LogP contribution in [-0.2, 0) is 17.8 Å². The minimum Gasteiger partial charge on any atom is -0.484 e. The Morgan fingerprint density at radius 1 is 1.10 bits per heavy atom. The number of benzene rings is 2. The summed E-state index contributed by atoms with van der Waals surface area (Å²) in [5.74, 6) is 1.45. The summed E-state index contributed by atoms with van der Waals surface area (Å²) >= 11 is 0. The Morgan fingerprint density at radius 2 is 1.86 bits per heavy atom. The zero-order valence-electron chi connectivity index (χ0n) is 17.2. The van der Waals surface area contributed by atoms with Gasteiger partial charge in [-0.2, -0.15) is 0 Å². The number of guanidine groups is 1. The van der Waals surface area contributed by atoms with Crippen LogP contribution in [0.1, 0.15) is 29.5 Å². The van der Waals surface area contributed by atoms with E-state index in [2.05, 4.69) is 40.0 Å². The second-order valence-corrected chi connectivity index (χ2v) is 7.30. The van der Waals surface area contributed by atoms with Crippen molar-refractivity contribution in [3.63, 3.8) is 0 Å². The number of nitrogens with one attached hydrogen (secondary N) is 3. The van der Waals surface area contributed by atoms with Crippen molar-refractivity contribution in [3.05, 3.63) is 65.2 Å². The van der Waals surface area contributed by atoms with Crippen molar-refractivity contribution in [3.8, 4) is 5.75 Å². The van der Waals surface area contributed by atoms with Gasteiger partial charge in [0.25, 0.3) is 5.91 Å². The van der Waals surface area contributed by atoms with E-state index in [9.17, 15) is 4.79 Å². The van der Waals surface area contributed by atoms with Gasteiger partial charge in [-0.25, -0.2) is 0 Å². The SMILES string of the molecule is CN=C(NCCc1ccc(OCC(=O)NC2CC2)cc1)NCc1ccccc1C.